The SMILES string of the molecule is FC(F)C(F)C1CNCCO1. The van der Waals surface area contributed by atoms with E-state index in [-0.39, 0.29) is 6.54 Å². The summed E-state index contributed by atoms with van der Waals surface area (Å²) in [5.41, 5.74) is 0. The van der Waals surface area contributed by atoms with Gasteiger partial charge in [0.1, 0.15) is 6.10 Å². The highest BCUT2D eigenvalue weighted by atomic mass is 19.3. The van der Waals surface area contributed by atoms with Gasteiger partial charge in [-0.3, -0.25) is 0 Å². The van der Waals surface area contributed by atoms with Crippen molar-refractivity contribution >= 4 is 0 Å². The van der Waals surface area contributed by atoms with Gasteiger partial charge in [0.25, 0.3) is 6.43 Å². The molecule has 11 heavy (non-hydrogen) atoms. The van der Waals surface area contributed by atoms with Crippen LogP contribution in [0.5, 0.6) is 0 Å². The minimum Gasteiger partial charge on any atom is -0.372 e. The lowest BCUT2D eigenvalue weighted by atomic mass is 10.2. The van der Waals surface area contributed by atoms with Crippen LogP contribution >= 0.6 is 0 Å². The molecule has 0 bridgehead atoms. The molecule has 1 N–H and O–H groups in total. The lowest BCUT2D eigenvalue weighted by molar-refractivity contribution is -0.0756. The summed E-state index contributed by atoms with van der Waals surface area (Å²) in [6.07, 6.45) is -6.09. The first-order chi connectivity index (χ1) is 5.22. The molecular weight excluding hydrogens is 159 g/mol. The smallest absolute Gasteiger partial charge is 0.271 e. The van der Waals surface area contributed by atoms with Crippen molar-refractivity contribution in [3.05, 3.63) is 0 Å². The normalized spacial score (nSPS) is 28.9. The first kappa shape index (κ1) is 8.80. The third kappa shape index (κ3) is 2.34. The molecule has 1 heterocycles. The maximum atomic E-state index is 12.5. The van der Waals surface area contributed by atoms with E-state index in [4.69, 9.17) is 4.74 Å². The van der Waals surface area contributed by atoms with Gasteiger partial charge in [0.2, 0.25) is 0 Å². The van der Waals surface area contributed by atoms with Crippen LogP contribution in [0.3, 0.4) is 0 Å². The van der Waals surface area contributed by atoms with Crippen molar-refractivity contribution in [1.29, 1.82) is 0 Å². The summed E-state index contributed by atoms with van der Waals surface area (Å²) in [5, 5.41) is 2.77. The Morgan fingerprint density at radius 2 is 2.09 bits per heavy atom. The highest BCUT2D eigenvalue weighted by Gasteiger charge is 2.31. The van der Waals surface area contributed by atoms with E-state index in [9.17, 15) is 13.2 Å². The lowest BCUT2D eigenvalue weighted by Gasteiger charge is -2.25. The van der Waals surface area contributed by atoms with Crippen LogP contribution in [0.25, 0.3) is 0 Å². The van der Waals surface area contributed by atoms with Crippen molar-refractivity contribution < 1.29 is 17.9 Å². The zero-order chi connectivity index (χ0) is 8.27. The first-order valence-corrected chi connectivity index (χ1v) is 3.46. The van der Waals surface area contributed by atoms with Crippen LogP contribution in [0.1, 0.15) is 0 Å². The van der Waals surface area contributed by atoms with Gasteiger partial charge in [-0.25, -0.2) is 13.2 Å². The highest BCUT2D eigenvalue weighted by molar-refractivity contribution is 4.76. The van der Waals surface area contributed by atoms with Crippen LogP contribution in [0.2, 0.25) is 0 Å². The Bertz CT molecular complexity index is 116. The second kappa shape index (κ2) is 3.92. The molecular formula is C6H10F3NO. The van der Waals surface area contributed by atoms with Crippen molar-refractivity contribution in [1.82, 2.24) is 5.32 Å². The number of halogens is 3. The van der Waals surface area contributed by atoms with Gasteiger partial charge in [-0.05, 0) is 0 Å². The maximum Gasteiger partial charge on any atom is 0.271 e. The van der Waals surface area contributed by atoms with Gasteiger partial charge in [0, 0.05) is 13.1 Å². The number of rotatable bonds is 2. The van der Waals surface area contributed by atoms with Gasteiger partial charge in [-0.15, -0.1) is 0 Å². The number of morpholine rings is 1. The minimum absolute atomic E-state index is 0.172. The van der Waals surface area contributed by atoms with Crippen LogP contribution in [0, 0.1) is 0 Å². The molecule has 1 rings (SSSR count). The fourth-order valence-corrected chi connectivity index (χ4v) is 0.952. The van der Waals surface area contributed by atoms with E-state index in [0.717, 1.165) is 0 Å². The molecule has 0 radical (unpaired) electrons. The van der Waals surface area contributed by atoms with Crippen LogP contribution in [-0.2, 0) is 4.74 Å². The summed E-state index contributed by atoms with van der Waals surface area (Å²) in [4.78, 5) is 0. The quantitative estimate of drug-likeness (QED) is 0.652. The van der Waals surface area contributed by atoms with Crippen molar-refractivity contribution in [2.24, 2.45) is 0 Å². The zero-order valence-corrected chi connectivity index (χ0v) is 5.90. The van der Waals surface area contributed by atoms with Gasteiger partial charge in [0.05, 0.1) is 6.61 Å². The van der Waals surface area contributed by atoms with Crippen molar-refractivity contribution in [3.63, 3.8) is 0 Å². The average Bonchev–Trinajstić information content (AvgIpc) is 2.05. The molecule has 0 aromatic carbocycles. The van der Waals surface area contributed by atoms with Crippen LogP contribution in [-0.4, -0.2) is 38.4 Å². The molecule has 0 aromatic heterocycles. The Morgan fingerprint density at radius 1 is 1.36 bits per heavy atom. The zero-order valence-electron chi connectivity index (χ0n) is 5.90. The molecule has 1 saturated heterocycles. The fourth-order valence-electron chi connectivity index (χ4n) is 0.952. The van der Waals surface area contributed by atoms with Crippen LogP contribution < -0.4 is 5.32 Å². The molecule has 0 aliphatic carbocycles. The van der Waals surface area contributed by atoms with Gasteiger partial charge in [-0.1, -0.05) is 0 Å². The number of hydrogen-bond donors (Lipinski definition) is 1. The molecule has 2 atom stereocenters. The Balaban J connectivity index is 2.32. The Kier molecular flexibility index (Phi) is 3.14. The van der Waals surface area contributed by atoms with Gasteiger partial charge in [0.15, 0.2) is 6.17 Å². The summed E-state index contributed by atoms with van der Waals surface area (Å²) in [6, 6.07) is 0. The second-order valence-electron chi connectivity index (χ2n) is 2.39. The molecule has 66 valence electrons. The van der Waals surface area contributed by atoms with Gasteiger partial charge in [-0.2, -0.15) is 0 Å². The monoisotopic (exact) mass is 169 g/mol. The molecule has 1 fully saturated rings. The highest BCUT2D eigenvalue weighted by Crippen LogP contribution is 2.13. The van der Waals surface area contributed by atoms with Crippen LogP contribution in [0.15, 0.2) is 0 Å². The first-order valence-electron chi connectivity index (χ1n) is 3.46. The molecule has 1 aliphatic rings. The van der Waals surface area contributed by atoms with Crippen LogP contribution in [0.4, 0.5) is 13.2 Å². The largest absolute Gasteiger partial charge is 0.372 e. The predicted octanol–water partition coefficient (Wildman–Crippen LogP) is 0.578. The average molecular weight is 169 g/mol. The summed E-state index contributed by atoms with van der Waals surface area (Å²) >= 11 is 0. The minimum atomic E-state index is -2.94. The lowest BCUT2D eigenvalue weighted by Crippen LogP contribution is -2.45. The molecule has 0 saturated carbocycles. The van der Waals surface area contributed by atoms with E-state index in [2.05, 4.69) is 5.32 Å². The van der Waals surface area contributed by atoms with Crippen molar-refractivity contribution in [3.8, 4) is 0 Å². The van der Waals surface area contributed by atoms with Crippen molar-refractivity contribution in [2.75, 3.05) is 19.7 Å². The molecule has 0 spiro atoms. The summed E-state index contributed by atoms with van der Waals surface area (Å²) in [5.74, 6) is 0. The molecule has 5 heteroatoms. The van der Waals surface area contributed by atoms with E-state index in [1.807, 2.05) is 0 Å². The van der Waals surface area contributed by atoms with E-state index < -0.39 is 18.7 Å². The van der Waals surface area contributed by atoms with E-state index in [1.165, 1.54) is 0 Å². The van der Waals surface area contributed by atoms with E-state index in [1.54, 1.807) is 0 Å². The topological polar surface area (TPSA) is 21.3 Å². The van der Waals surface area contributed by atoms with Gasteiger partial charge < -0.3 is 10.1 Å². The van der Waals surface area contributed by atoms with Crippen molar-refractivity contribution in [2.45, 2.75) is 18.7 Å². The second-order valence-corrected chi connectivity index (χ2v) is 2.39. The molecule has 2 nitrogen and oxygen atoms in total. The number of nitrogens with one attached hydrogen (secondary N) is 1. The van der Waals surface area contributed by atoms with E-state index in [0.29, 0.717) is 13.2 Å². The molecule has 0 amide bonds. The van der Waals surface area contributed by atoms with Gasteiger partial charge >= 0.3 is 0 Å². The predicted molar refractivity (Wildman–Crippen MR) is 33.5 cm³/mol. The molecule has 0 aromatic rings. The van der Waals surface area contributed by atoms with E-state index >= 15 is 0 Å². The fraction of sp³-hybridized carbons (Fsp3) is 1.00. The Labute approximate surface area is 62.7 Å². The number of alkyl halides is 3. The molecule has 1 aliphatic heterocycles. The molecule has 2 unspecified atom stereocenters. The number of ether oxygens (including phenoxy) is 1. The summed E-state index contributed by atoms with van der Waals surface area (Å²) < 4.78 is 40.7. The maximum absolute atomic E-state index is 12.5. The standard InChI is InChI=1S/C6H10F3NO/c7-5(6(8)9)4-3-10-1-2-11-4/h4-6,10H,1-3H2. The third-order valence-corrected chi connectivity index (χ3v) is 1.55. The third-order valence-electron chi connectivity index (χ3n) is 1.55. The Morgan fingerprint density at radius 3 is 2.55 bits per heavy atom. The Hall–Kier alpha value is -0.290. The number of hydrogen-bond acceptors (Lipinski definition) is 2. The summed E-state index contributed by atoms with van der Waals surface area (Å²) in [7, 11) is 0. The summed E-state index contributed by atoms with van der Waals surface area (Å²) in [6.45, 7) is 1.08.